The summed E-state index contributed by atoms with van der Waals surface area (Å²) in [5.74, 6) is -3.25. The van der Waals surface area contributed by atoms with Crippen molar-refractivity contribution in [3.05, 3.63) is 0 Å². The predicted octanol–water partition coefficient (Wildman–Crippen LogP) is -0.520. The van der Waals surface area contributed by atoms with Crippen molar-refractivity contribution in [3.8, 4) is 0 Å². The van der Waals surface area contributed by atoms with Gasteiger partial charge in [-0.2, -0.15) is 0 Å². The third-order valence-corrected chi connectivity index (χ3v) is 1.13. The van der Waals surface area contributed by atoms with Crippen molar-refractivity contribution in [3.63, 3.8) is 0 Å². The molecule has 0 aliphatic heterocycles. The van der Waals surface area contributed by atoms with Gasteiger partial charge >= 0.3 is 17.9 Å². The molecule has 0 spiro atoms. The van der Waals surface area contributed by atoms with E-state index in [2.05, 4.69) is 17.4 Å². The Morgan fingerprint density at radius 2 is 1.24 bits per heavy atom. The maximum Gasteiger partial charge on any atom is 0.329 e. The molecule has 0 aliphatic carbocycles. The first-order valence-electron chi connectivity index (χ1n) is 4.20. The van der Waals surface area contributed by atoms with Gasteiger partial charge in [0.1, 0.15) is 13.2 Å². The van der Waals surface area contributed by atoms with E-state index >= 15 is 0 Å². The standard InChI is InChI=1S/C4H6O4S.C4H6O4/c5-3(6)1-8-2-4(7)9;5-3(6)1-2-4(7)8/h1-2H2,(H,5,6)(H,7,9);1-2H2,(H,5,6)(H,7,8). The third kappa shape index (κ3) is 25.1. The number of carbonyl (C=O) groups excluding carboxylic acids is 1. The van der Waals surface area contributed by atoms with E-state index in [1.807, 2.05) is 0 Å². The molecular formula is C8H12O8S. The van der Waals surface area contributed by atoms with Crippen LogP contribution in [0.3, 0.4) is 0 Å². The average Bonchev–Trinajstić information content (AvgIpc) is 2.14. The number of hydrogen-bond donors (Lipinski definition) is 4. The van der Waals surface area contributed by atoms with Gasteiger partial charge in [0.15, 0.2) is 0 Å². The molecule has 3 N–H and O–H groups in total. The van der Waals surface area contributed by atoms with Gasteiger partial charge < -0.3 is 20.1 Å². The van der Waals surface area contributed by atoms with Gasteiger partial charge in [-0.1, -0.05) is 0 Å². The monoisotopic (exact) mass is 268 g/mol. The zero-order valence-electron chi connectivity index (χ0n) is 8.66. The summed E-state index contributed by atoms with van der Waals surface area (Å²) in [6.07, 6.45) is -0.593. The lowest BCUT2D eigenvalue weighted by molar-refractivity contribution is -0.143. The fourth-order valence-electron chi connectivity index (χ4n) is 0.440. The van der Waals surface area contributed by atoms with Crippen LogP contribution in [0.25, 0.3) is 0 Å². The van der Waals surface area contributed by atoms with Crippen molar-refractivity contribution in [1.82, 2.24) is 0 Å². The van der Waals surface area contributed by atoms with Gasteiger partial charge in [0.05, 0.1) is 12.8 Å². The second kappa shape index (κ2) is 10.9. The minimum atomic E-state index is -1.09. The molecule has 0 unspecified atom stereocenters. The fraction of sp³-hybridized carbons (Fsp3) is 0.500. The molecule has 98 valence electrons. The number of carboxylic acid groups (broad SMARTS) is 3. The second-order valence-electron chi connectivity index (χ2n) is 2.57. The Balaban J connectivity index is 0. The largest absolute Gasteiger partial charge is 0.481 e. The summed E-state index contributed by atoms with van der Waals surface area (Å²) in [6.45, 7) is -0.707. The Labute approximate surface area is 102 Å². The Bertz CT molecular complexity index is 259. The molecule has 0 bridgehead atoms. The zero-order chi connectivity index (χ0) is 13.8. The normalized spacial score (nSPS) is 8.76. The van der Waals surface area contributed by atoms with Crippen molar-refractivity contribution < 1.29 is 39.2 Å². The van der Waals surface area contributed by atoms with E-state index in [9.17, 15) is 19.2 Å². The minimum absolute atomic E-state index is 0.255. The molecule has 9 heteroatoms. The highest BCUT2D eigenvalue weighted by Gasteiger charge is 2.00. The first-order valence-corrected chi connectivity index (χ1v) is 4.65. The number of ether oxygens (including phenoxy) is 1. The number of aliphatic carboxylic acids is 3. The number of hydrogen-bond acceptors (Lipinski definition) is 5. The molecule has 0 saturated heterocycles. The lowest BCUT2D eigenvalue weighted by atomic mass is 10.3. The summed E-state index contributed by atoms with van der Waals surface area (Å²) in [7, 11) is 0. The van der Waals surface area contributed by atoms with Gasteiger partial charge in [0.25, 0.3) is 0 Å². The summed E-state index contributed by atoms with van der Waals surface area (Å²) in [6, 6.07) is 0. The van der Waals surface area contributed by atoms with Crippen LogP contribution in [0.5, 0.6) is 0 Å². The Morgan fingerprint density at radius 1 is 0.824 bits per heavy atom. The number of rotatable bonds is 7. The second-order valence-corrected chi connectivity index (χ2v) is 3.07. The summed E-state index contributed by atoms with van der Waals surface area (Å²) in [4.78, 5) is 39.0. The zero-order valence-corrected chi connectivity index (χ0v) is 9.55. The van der Waals surface area contributed by atoms with E-state index < -0.39 is 29.6 Å². The summed E-state index contributed by atoms with van der Waals surface area (Å²) < 4.78 is 4.33. The molecular weight excluding hydrogens is 256 g/mol. The van der Waals surface area contributed by atoms with Gasteiger partial charge in [0, 0.05) is 0 Å². The van der Waals surface area contributed by atoms with Crippen LogP contribution in [-0.2, 0) is 23.9 Å². The highest BCUT2D eigenvalue weighted by atomic mass is 32.1. The maximum atomic E-state index is 9.97. The molecule has 0 aromatic rings. The van der Waals surface area contributed by atoms with Gasteiger partial charge in [-0.05, 0) is 0 Å². The lowest BCUT2D eigenvalue weighted by Gasteiger charge is -1.93. The van der Waals surface area contributed by atoms with Crippen LogP contribution in [0.2, 0.25) is 0 Å². The van der Waals surface area contributed by atoms with Crippen molar-refractivity contribution in [2.75, 3.05) is 13.2 Å². The van der Waals surface area contributed by atoms with Crippen LogP contribution in [-0.4, -0.2) is 51.6 Å². The van der Waals surface area contributed by atoms with E-state index in [4.69, 9.17) is 15.3 Å². The summed E-state index contributed by atoms with van der Waals surface area (Å²) >= 11 is 3.34. The van der Waals surface area contributed by atoms with E-state index in [1.165, 1.54) is 0 Å². The molecule has 0 aromatic heterocycles. The molecule has 0 amide bonds. The third-order valence-electron chi connectivity index (χ3n) is 1.00. The van der Waals surface area contributed by atoms with Gasteiger partial charge in [0.2, 0.25) is 5.12 Å². The van der Waals surface area contributed by atoms with Crippen LogP contribution in [0, 0.1) is 0 Å². The molecule has 8 nitrogen and oxygen atoms in total. The van der Waals surface area contributed by atoms with E-state index in [1.54, 1.807) is 0 Å². The minimum Gasteiger partial charge on any atom is -0.481 e. The van der Waals surface area contributed by atoms with Crippen LogP contribution in [0.15, 0.2) is 0 Å². The molecule has 0 atom stereocenters. The highest BCUT2D eigenvalue weighted by molar-refractivity contribution is 7.96. The van der Waals surface area contributed by atoms with E-state index in [0.29, 0.717) is 0 Å². The van der Waals surface area contributed by atoms with Crippen LogP contribution in [0.4, 0.5) is 0 Å². The van der Waals surface area contributed by atoms with Gasteiger partial charge in [-0.25, -0.2) is 4.79 Å². The maximum absolute atomic E-state index is 9.97. The number of carboxylic acids is 3. The molecule has 17 heavy (non-hydrogen) atoms. The Morgan fingerprint density at radius 3 is 1.47 bits per heavy atom. The molecule has 0 aliphatic rings. The number of thiol groups is 1. The predicted molar refractivity (Wildman–Crippen MR) is 57.0 cm³/mol. The van der Waals surface area contributed by atoms with Gasteiger partial charge in [-0.3, -0.25) is 14.4 Å². The summed E-state index contributed by atoms with van der Waals surface area (Å²) in [5.41, 5.74) is 0. The lowest BCUT2D eigenvalue weighted by Crippen LogP contribution is -2.10. The van der Waals surface area contributed by atoms with Crippen molar-refractivity contribution in [2.24, 2.45) is 0 Å². The molecule has 0 radical (unpaired) electrons. The van der Waals surface area contributed by atoms with Crippen LogP contribution in [0.1, 0.15) is 12.8 Å². The number of carbonyl (C=O) groups is 4. The molecule has 0 rings (SSSR count). The van der Waals surface area contributed by atoms with Crippen molar-refractivity contribution >= 4 is 35.7 Å². The smallest absolute Gasteiger partial charge is 0.329 e. The highest BCUT2D eigenvalue weighted by Crippen LogP contribution is 1.86. The first kappa shape index (κ1) is 17.8. The average molecular weight is 268 g/mol. The molecule has 0 fully saturated rings. The first-order chi connectivity index (χ1) is 7.75. The quantitative estimate of drug-likeness (QED) is 0.452. The topological polar surface area (TPSA) is 138 Å². The SMILES string of the molecule is O=C(O)CCC(=O)O.O=C(O)COCC(=O)S. The Kier molecular flexibility index (Phi) is 11.4. The molecule has 0 aromatic carbocycles. The van der Waals surface area contributed by atoms with E-state index in [-0.39, 0.29) is 19.4 Å². The molecule has 0 saturated carbocycles. The van der Waals surface area contributed by atoms with Crippen LogP contribution < -0.4 is 0 Å². The van der Waals surface area contributed by atoms with Crippen molar-refractivity contribution in [2.45, 2.75) is 12.8 Å². The van der Waals surface area contributed by atoms with Crippen LogP contribution >= 0.6 is 12.6 Å². The fourth-order valence-corrected chi connectivity index (χ4v) is 0.531. The van der Waals surface area contributed by atoms with E-state index in [0.717, 1.165) is 0 Å². The van der Waals surface area contributed by atoms with Gasteiger partial charge in [-0.15, -0.1) is 12.6 Å². The summed E-state index contributed by atoms with van der Waals surface area (Å²) in [5, 5.41) is 23.3. The van der Waals surface area contributed by atoms with Crippen molar-refractivity contribution in [1.29, 1.82) is 0 Å². The molecule has 0 heterocycles. The Hall–Kier alpha value is -1.61.